The van der Waals surface area contributed by atoms with Crippen molar-refractivity contribution >= 4 is 16.3 Å². The summed E-state index contributed by atoms with van der Waals surface area (Å²) in [5.41, 5.74) is 1.92. The molecule has 0 amide bonds. The van der Waals surface area contributed by atoms with Crippen LogP contribution in [0.1, 0.15) is 11.4 Å². The van der Waals surface area contributed by atoms with Crippen LogP contribution in [0.25, 0.3) is 16.2 Å². The van der Waals surface area contributed by atoms with E-state index in [9.17, 15) is 0 Å². The molecule has 0 radical (unpaired) electrons. The Morgan fingerprint density at radius 3 is 2.90 bits per heavy atom. The van der Waals surface area contributed by atoms with Gasteiger partial charge in [-0.1, -0.05) is 11.3 Å². The van der Waals surface area contributed by atoms with Crippen LogP contribution in [0.15, 0.2) is 24.4 Å². The minimum Gasteiger partial charge on any atom is -0.490 e. The third-order valence-corrected chi connectivity index (χ3v) is 4.03. The molecule has 3 aromatic rings. The van der Waals surface area contributed by atoms with Crippen LogP contribution < -0.4 is 9.47 Å². The fraction of sp³-hybridized carbons (Fsp3) is 0.286. The van der Waals surface area contributed by atoms with Gasteiger partial charge in [0.1, 0.15) is 5.01 Å². The molecule has 4 rings (SSSR count). The Labute approximate surface area is 119 Å². The fourth-order valence-corrected chi connectivity index (χ4v) is 2.99. The van der Waals surface area contributed by atoms with Gasteiger partial charge < -0.3 is 9.47 Å². The molecule has 0 bridgehead atoms. The van der Waals surface area contributed by atoms with Gasteiger partial charge >= 0.3 is 0 Å². The maximum atomic E-state index is 5.71. The van der Waals surface area contributed by atoms with Crippen molar-refractivity contribution in [3.05, 3.63) is 29.4 Å². The maximum absolute atomic E-state index is 5.71. The van der Waals surface area contributed by atoms with E-state index < -0.39 is 0 Å². The van der Waals surface area contributed by atoms with E-state index >= 15 is 0 Å². The third-order valence-electron chi connectivity index (χ3n) is 3.19. The molecule has 1 aromatic carbocycles. The van der Waals surface area contributed by atoms with Crippen molar-refractivity contribution < 1.29 is 9.47 Å². The number of hydrogen-bond donors (Lipinski definition) is 0. The number of aromatic nitrogens is 3. The highest BCUT2D eigenvalue weighted by atomic mass is 32.1. The molecule has 0 fully saturated rings. The highest BCUT2D eigenvalue weighted by Crippen LogP contribution is 2.34. The molecule has 1 aliphatic heterocycles. The molecule has 2 aromatic heterocycles. The maximum Gasteiger partial charge on any atom is 0.212 e. The number of hydrogen-bond acceptors (Lipinski definition) is 5. The Morgan fingerprint density at radius 1 is 1.20 bits per heavy atom. The van der Waals surface area contributed by atoms with Gasteiger partial charge in [-0.15, -0.1) is 0 Å². The second-order valence-electron chi connectivity index (χ2n) is 4.69. The summed E-state index contributed by atoms with van der Waals surface area (Å²) in [7, 11) is 0. The number of rotatable bonds is 1. The van der Waals surface area contributed by atoms with E-state index in [2.05, 4.69) is 10.1 Å². The zero-order chi connectivity index (χ0) is 13.5. The highest BCUT2D eigenvalue weighted by Gasteiger charge is 2.13. The van der Waals surface area contributed by atoms with Crippen molar-refractivity contribution in [2.75, 3.05) is 13.2 Å². The zero-order valence-electron chi connectivity index (χ0n) is 11.0. The first-order chi connectivity index (χ1) is 9.79. The molecule has 0 atom stereocenters. The van der Waals surface area contributed by atoms with Crippen LogP contribution in [0.4, 0.5) is 0 Å². The van der Waals surface area contributed by atoms with Gasteiger partial charge in [0.15, 0.2) is 11.5 Å². The summed E-state index contributed by atoms with van der Waals surface area (Å²) in [5, 5.41) is 5.39. The van der Waals surface area contributed by atoms with Gasteiger partial charge in [0.25, 0.3) is 0 Å². The number of imidazole rings is 1. The Bertz CT molecular complexity index is 746. The van der Waals surface area contributed by atoms with Crippen molar-refractivity contribution in [2.24, 2.45) is 0 Å². The fourth-order valence-electron chi connectivity index (χ4n) is 2.26. The number of nitrogens with zero attached hydrogens (tertiary/aromatic N) is 3. The summed E-state index contributed by atoms with van der Waals surface area (Å²) < 4.78 is 13.2. The van der Waals surface area contributed by atoms with Crippen molar-refractivity contribution in [3.63, 3.8) is 0 Å². The van der Waals surface area contributed by atoms with E-state index in [4.69, 9.17) is 9.47 Å². The summed E-state index contributed by atoms with van der Waals surface area (Å²) in [6.07, 6.45) is 2.85. The summed E-state index contributed by atoms with van der Waals surface area (Å²) in [4.78, 5) is 5.51. The van der Waals surface area contributed by atoms with Gasteiger partial charge in [0.2, 0.25) is 4.96 Å². The molecule has 20 heavy (non-hydrogen) atoms. The van der Waals surface area contributed by atoms with Crippen LogP contribution in [-0.2, 0) is 0 Å². The standard InChI is InChI=1S/C14H13N3O2S/c1-9-16-17-8-11(15-14(17)20-9)10-3-4-12-13(7-10)19-6-2-5-18-12/h3-4,7-8H,2,5-6H2,1H3. The predicted molar refractivity (Wildman–Crippen MR) is 76.6 cm³/mol. The Morgan fingerprint density at radius 2 is 2.05 bits per heavy atom. The molecule has 0 aliphatic carbocycles. The van der Waals surface area contributed by atoms with Gasteiger partial charge in [0, 0.05) is 12.0 Å². The lowest BCUT2D eigenvalue weighted by Gasteiger charge is -2.07. The van der Waals surface area contributed by atoms with Gasteiger partial charge in [0.05, 0.1) is 25.1 Å². The Hall–Kier alpha value is -2.08. The summed E-state index contributed by atoms with van der Waals surface area (Å²) >= 11 is 1.58. The molecule has 0 spiro atoms. The molecule has 102 valence electrons. The van der Waals surface area contributed by atoms with Crippen molar-refractivity contribution in [2.45, 2.75) is 13.3 Å². The van der Waals surface area contributed by atoms with Crippen molar-refractivity contribution in [3.8, 4) is 22.8 Å². The topological polar surface area (TPSA) is 48.7 Å². The van der Waals surface area contributed by atoms with Crippen LogP contribution in [0, 0.1) is 6.92 Å². The first-order valence-electron chi connectivity index (χ1n) is 6.52. The van der Waals surface area contributed by atoms with Gasteiger partial charge in [-0.05, 0) is 25.1 Å². The average molecular weight is 287 g/mol. The zero-order valence-corrected chi connectivity index (χ0v) is 11.8. The van der Waals surface area contributed by atoms with E-state index in [0.29, 0.717) is 13.2 Å². The van der Waals surface area contributed by atoms with Crippen LogP contribution in [0.2, 0.25) is 0 Å². The van der Waals surface area contributed by atoms with Gasteiger partial charge in [-0.25, -0.2) is 9.50 Å². The number of ether oxygens (including phenoxy) is 2. The molecule has 3 heterocycles. The second-order valence-corrected chi connectivity index (χ2v) is 5.85. The summed E-state index contributed by atoms with van der Waals surface area (Å²) in [6.45, 7) is 3.37. The summed E-state index contributed by atoms with van der Waals surface area (Å²) in [6, 6.07) is 5.94. The smallest absolute Gasteiger partial charge is 0.212 e. The molecule has 5 nitrogen and oxygen atoms in total. The predicted octanol–water partition coefficient (Wildman–Crippen LogP) is 2.93. The quantitative estimate of drug-likeness (QED) is 0.690. The van der Waals surface area contributed by atoms with Crippen LogP contribution in [-0.4, -0.2) is 27.8 Å². The molecule has 0 unspecified atom stereocenters. The van der Waals surface area contributed by atoms with E-state index in [1.807, 2.05) is 35.8 Å². The highest BCUT2D eigenvalue weighted by molar-refractivity contribution is 7.16. The van der Waals surface area contributed by atoms with Gasteiger partial charge in [-0.3, -0.25) is 0 Å². The molecule has 0 N–H and O–H groups in total. The SMILES string of the molecule is Cc1nn2cc(-c3ccc4c(c3)OCCCO4)nc2s1. The molecule has 6 heteroatoms. The number of aryl methyl sites for hydroxylation is 1. The van der Waals surface area contributed by atoms with Crippen LogP contribution in [0.5, 0.6) is 11.5 Å². The molecular weight excluding hydrogens is 274 g/mol. The van der Waals surface area contributed by atoms with Crippen LogP contribution >= 0.6 is 11.3 Å². The molecule has 1 aliphatic rings. The second kappa shape index (κ2) is 4.49. The Balaban J connectivity index is 1.77. The number of benzene rings is 1. The van der Waals surface area contributed by atoms with E-state index in [1.165, 1.54) is 0 Å². The molecule has 0 saturated carbocycles. The van der Waals surface area contributed by atoms with Gasteiger partial charge in [-0.2, -0.15) is 5.10 Å². The first-order valence-corrected chi connectivity index (χ1v) is 7.34. The minimum absolute atomic E-state index is 0.690. The normalized spacial score (nSPS) is 14.4. The lowest BCUT2D eigenvalue weighted by molar-refractivity contribution is 0.297. The largest absolute Gasteiger partial charge is 0.490 e. The Kier molecular flexibility index (Phi) is 2.63. The van der Waals surface area contributed by atoms with Crippen molar-refractivity contribution in [1.82, 2.24) is 14.6 Å². The average Bonchev–Trinajstić information content (AvgIpc) is 2.87. The third kappa shape index (κ3) is 1.92. The molecular formula is C14H13N3O2S. The summed E-state index contributed by atoms with van der Waals surface area (Å²) in [5.74, 6) is 1.60. The van der Waals surface area contributed by atoms with Crippen LogP contribution in [0.3, 0.4) is 0 Å². The number of fused-ring (bicyclic) bond motifs is 2. The monoisotopic (exact) mass is 287 g/mol. The first kappa shape index (κ1) is 11.7. The van der Waals surface area contributed by atoms with E-state index in [1.54, 1.807) is 11.3 Å². The van der Waals surface area contributed by atoms with E-state index in [0.717, 1.165) is 39.1 Å². The lowest BCUT2D eigenvalue weighted by atomic mass is 10.1. The van der Waals surface area contributed by atoms with E-state index in [-0.39, 0.29) is 0 Å². The molecule has 0 saturated heterocycles. The lowest BCUT2D eigenvalue weighted by Crippen LogP contribution is -1.97. The minimum atomic E-state index is 0.690. The van der Waals surface area contributed by atoms with Crippen molar-refractivity contribution in [1.29, 1.82) is 0 Å².